The van der Waals surface area contributed by atoms with E-state index in [2.05, 4.69) is 31.0 Å². The molecule has 0 aliphatic heterocycles. The van der Waals surface area contributed by atoms with E-state index >= 15 is 0 Å². The van der Waals surface area contributed by atoms with E-state index < -0.39 is 6.23 Å². The fraction of sp³-hybridized carbons (Fsp3) is 0.935. The topological polar surface area (TPSA) is 58.6 Å². The third-order valence-corrected chi connectivity index (χ3v) is 6.98. The summed E-state index contributed by atoms with van der Waals surface area (Å²) in [5.74, 6) is -0.237. The van der Waals surface area contributed by atoms with Gasteiger partial charge in [-0.15, -0.1) is 0 Å². The fourth-order valence-electron chi connectivity index (χ4n) is 4.54. The predicted octanol–water partition coefficient (Wildman–Crippen LogP) is 8.55. The molecule has 36 heavy (non-hydrogen) atoms. The molecule has 0 fully saturated rings. The number of hydrogen-bond acceptors (Lipinski definition) is 4. The number of carbonyl (C=O) groups excluding carboxylic acids is 2. The molecule has 0 spiro atoms. The summed E-state index contributed by atoms with van der Waals surface area (Å²) in [5.41, 5.74) is 0. The molecule has 0 saturated carbocycles. The molecule has 0 heterocycles. The molecule has 0 aromatic heterocycles. The Hall–Kier alpha value is -1.10. The second kappa shape index (κ2) is 26.9. The smallest absolute Gasteiger partial charge is 0.322 e. The Morgan fingerprint density at radius 3 is 1.44 bits per heavy atom. The third kappa shape index (κ3) is 23.3. The van der Waals surface area contributed by atoms with Gasteiger partial charge in [-0.25, -0.2) is 0 Å². The van der Waals surface area contributed by atoms with Crippen molar-refractivity contribution in [2.75, 3.05) is 19.6 Å². The molecule has 0 aliphatic carbocycles. The summed E-state index contributed by atoms with van der Waals surface area (Å²) in [5, 5.41) is 2.91. The summed E-state index contributed by atoms with van der Waals surface area (Å²) in [4.78, 5) is 26.9. The highest BCUT2D eigenvalue weighted by Gasteiger charge is 2.17. The van der Waals surface area contributed by atoms with Gasteiger partial charge in [-0.3, -0.25) is 14.5 Å². The second-order valence-electron chi connectivity index (χ2n) is 10.6. The molecule has 5 heteroatoms. The van der Waals surface area contributed by atoms with Crippen molar-refractivity contribution in [2.45, 2.75) is 169 Å². The lowest BCUT2D eigenvalue weighted by molar-refractivity contribution is -0.153. The Bertz CT molecular complexity index is 490. The van der Waals surface area contributed by atoms with Crippen LogP contribution in [0.4, 0.5) is 0 Å². The Kier molecular flexibility index (Phi) is 26.1. The van der Waals surface area contributed by atoms with Crippen LogP contribution in [0.2, 0.25) is 0 Å². The highest BCUT2D eigenvalue weighted by Crippen LogP contribution is 2.14. The number of unbranched alkanes of at least 4 members (excludes halogenated alkanes) is 16. The van der Waals surface area contributed by atoms with Crippen molar-refractivity contribution >= 4 is 11.9 Å². The van der Waals surface area contributed by atoms with E-state index in [0.717, 1.165) is 51.6 Å². The molecule has 1 N–H and O–H groups in total. The van der Waals surface area contributed by atoms with Gasteiger partial charge in [0.25, 0.3) is 0 Å². The second-order valence-corrected chi connectivity index (χ2v) is 10.6. The van der Waals surface area contributed by atoms with Crippen molar-refractivity contribution in [3.05, 3.63) is 0 Å². The van der Waals surface area contributed by atoms with Crippen LogP contribution in [-0.4, -0.2) is 42.6 Å². The molecular formula is C31H62N2O3. The first kappa shape index (κ1) is 34.9. The number of hydrogen-bond donors (Lipinski definition) is 1. The van der Waals surface area contributed by atoms with Crippen molar-refractivity contribution in [2.24, 2.45) is 0 Å². The largest absolute Gasteiger partial charge is 0.441 e. The third-order valence-electron chi connectivity index (χ3n) is 6.98. The van der Waals surface area contributed by atoms with Crippen molar-refractivity contribution in [3.8, 4) is 0 Å². The highest BCUT2D eigenvalue weighted by atomic mass is 16.6. The van der Waals surface area contributed by atoms with Gasteiger partial charge in [0.1, 0.15) is 0 Å². The average Bonchev–Trinajstić information content (AvgIpc) is 2.87. The maximum absolute atomic E-state index is 12.4. The first-order valence-corrected chi connectivity index (χ1v) is 15.8. The molecule has 1 unspecified atom stereocenters. The first-order valence-electron chi connectivity index (χ1n) is 15.8. The van der Waals surface area contributed by atoms with Crippen molar-refractivity contribution in [1.29, 1.82) is 0 Å². The van der Waals surface area contributed by atoms with Gasteiger partial charge in [0.05, 0.1) is 6.54 Å². The Labute approximate surface area is 224 Å². The fourth-order valence-corrected chi connectivity index (χ4v) is 4.54. The zero-order chi connectivity index (χ0) is 26.7. The summed E-state index contributed by atoms with van der Waals surface area (Å²) in [6.45, 7) is 10.7. The zero-order valence-corrected chi connectivity index (χ0v) is 24.7. The molecule has 1 amide bonds. The molecule has 0 saturated heterocycles. The lowest BCUT2D eigenvalue weighted by Crippen LogP contribution is -2.41. The number of carbonyl (C=O) groups is 2. The average molecular weight is 511 g/mol. The van der Waals surface area contributed by atoms with Gasteiger partial charge in [-0.2, -0.15) is 0 Å². The molecule has 0 bridgehead atoms. The van der Waals surface area contributed by atoms with Crippen LogP contribution in [0.5, 0.6) is 0 Å². The normalized spacial score (nSPS) is 12.1. The van der Waals surface area contributed by atoms with E-state index in [4.69, 9.17) is 4.74 Å². The predicted molar refractivity (Wildman–Crippen MR) is 154 cm³/mol. The van der Waals surface area contributed by atoms with Crippen LogP contribution >= 0.6 is 0 Å². The Morgan fingerprint density at radius 2 is 1.03 bits per heavy atom. The molecule has 1 atom stereocenters. The van der Waals surface area contributed by atoms with E-state index in [0.29, 0.717) is 19.4 Å². The first-order chi connectivity index (χ1) is 17.6. The highest BCUT2D eigenvalue weighted by molar-refractivity contribution is 5.77. The van der Waals surface area contributed by atoms with Crippen LogP contribution in [0.1, 0.15) is 163 Å². The van der Waals surface area contributed by atoms with E-state index in [1.54, 1.807) is 0 Å². The van der Waals surface area contributed by atoms with Crippen LogP contribution in [0.15, 0.2) is 0 Å². The van der Waals surface area contributed by atoms with Gasteiger partial charge in [0.15, 0.2) is 6.23 Å². The maximum atomic E-state index is 12.4. The number of rotatable bonds is 27. The van der Waals surface area contributed by atoms with Crippen LogP contribution in [0.3, 0.4) is 0 Å². The monoisotopic (exact) mass is 510 g/mol. The van der Waals surface area contributed by atoms with E-state index in [-0.39, 0.29) is 11.9 Å². The van der Waals surface area contributed by atoms with Crippen LogP contribution in [0.25, 0.3) is 0 Å². The lowest BCUT2D eigenvalue weighted by atomic mass is 10.0. The quantitative estimate of drug-likeness (QED) is 0.0683. The number of amides is 1. The molecule has 0 aromatic carbocycles. The molecule has 5 nitrogen and oxygen atoms in total. The Balaban J connectivity index is 3.77. The number of nitrogens with zero attached hydrogens (tertiary/aromatic N) is 1. The number of nitrogens with one attached hydrogen (secondary N) is 1. The van der Waals surface area contributed by atoms with Crippen LogP contribution < -0.4 is 5.32 Å². The van der Waals surface area contributed by atoms with Crippen LogP contribution in [0, 0.1) is 0 Å². The molecule has 0 rings (SSSR count). The number of esters is 1. The van der Waals surface area contributed by atoms with Gasteiger partial charge in [-0.05, 0) is 32.4 Å². The number of ether oxygens (including phenoxy) is 1. The van der Waals surface area contributed by atoms with Gasteiger partial charge in [-0.1, -0.05) is 130 Å². The molecule has 0 aliphatic rings. The lowest BCUT2D eigenvalue weighted by Gasteiger charge is -2.23. The summed E-state index contributed by atoms with van der Waals surface area (Å²) in [6.07, 6.45) is 24.8. The minimum atomic E-state index is -0.513. The summed E-state index contributed by atoms with van der Waals surface area (Å²) in [7, 11) is 0. The molecular weight excluding hydrogens is 448 g/mol. The zero-order valence-electron chi connectivity index (χ0n) is 24.7. The standard InChI is InChI=1S/C31H62N2O3/c1-5-9-12-13-14-15-16-17-18-19-20-21-22-23-24-25-29(34)32-30(8-4)36-31(35)28-33(26-10-6-2)27-11-7-3/h30H,5-28H2,1-4H3,(H,32,34). The molecule has 214 valence electrons. The van der Waals surface area contributed by atoms with Gasteiger partial charge < -0.3 is 10.1 Å². The molecule has 0 radical (unpaired) electrons. The van der Waals surface area contributed by atoms with E-state index in [1.165, 1.54) is 83.5 Å². The summed E-state index contributed by atoms with van der Waals surface area (Å²) in [6, 6.07) is 0. The van der Waals surface area contributed by atoms with Gasteiger partial charge in [0.2, 0.25) is 5.91 Å². The van der Waals surface area contributed by atoms with Crippen molar-refractivity contribution in [1.82, 2.24) is 10.2 Å². The van der Waals surface area contributed by atoms with Gasteiger partial charge in [0, 0.05) is 12.8 Å². The Morgan fingerprint density at radius 1 is 0.611 bits per heavy atom. The van der Waals surface area contributed by atoms with E-state index in [9.17, 15) is 9.59 Å². The van der Waals surface area contributed by atoms with Crippen molar-refractivity contribution < 1.29 is 14.3 Å². The van der Waals surface area contributed by atoms with E-state index in [1.807, 2.05) is 6.92 Å². The van der Waals surface area contributed by atoms with Crippen LogP contribution in [-0.2, 0) is 14.3 Å². The minimum absolute atomic E-state index is 0.00170. The summed E-state index contributed by atoms with van der Waals surface area (Å²) < 4.78 is 5.58. The minimum Gasteiger partial charge on any atom is -0.441 e. The summed E-state index contributed by atoms with van der Waals surface area (Å²) >= 11 is 0. The van der Waals surface area contributed by atoms with Crippen molar-refractivity contribution in [3.63, 3.8) is 0 Å². The maximum Gasteiger partial charge on any atom is 0.322 e. The van der Waals surface area contributed by atoms with Gasteiger partial charge >= 0.3 is 5.97 Å². The molecule has 0 aromatic rings. The SMILES string of the molecule is CCCCCCCCCCCCCCCCCC(=O)NC(CC)OC(=O)CN(CCCC)CCCC.